The molecule has 6 rings (SSSR count). The highest BCUT2D eigenvalue weighted by Crippen LogP contribution is 2.43. The number of para-hydroxylation sites is 1. The molecule has 5 aromatic rings. The van der Waals surface area contributed by atoms with Gasteiger partial charge in [-0.15, -0.1) is 0 Å². The first-order valence-corrected chi connectivity index (χ1v) is 9.92. The molecule has 2 aromatic carbocycles. The van der Waals surface area contributed by atoms with Gasteiger partial charge in [0, 0.05) is 0 Å². The monoisotopic (exact) mass is 418 g/mol. The van der Waals surface area contributed by atoms with Crippen LogP contribution in [0.4, 0.5) is 9.52 Å². The van der Waals surface area contributed by atoms with E-state index in [1.807, 2.05) is 0 Å². The topological polar surface area (TPSA) is 76.6 Å². The van der Waals surface area contributed by atoms with E-state index in [9.17, 15) is 14.0 Å². The smallest absolute Gasteiger partial charge is 0.297 e. The lowest BCUT2D eigenvalue weighted by atomic mass is 10.0. The number of aromatic nitrogens is 1. The van der Waals surface area contributed by atoms with Crippen molar-refractivity contribution in [2.75, 3.05) is 4.90 Å². The maximum Gasteiger partial charge on any atom is 0.297 e. The third-order valence-electron chi connectivity index (χ3n) is 5.14. The fraction of sp³-hybridized carbons (Fsp3) is 0.0455. The van der Waals surface area contributed by atoms with Crippen LogP contribution in [0.25, 0.3) is 21.2 Å². The zero-order valence-corrected chi connectivity index (χ0v) is 16.0. The van der Waals surface area contributed by atoms with Gasteiger partial charge >= 0.3 is 0 Å². The van der Waals surface area contributed by atoms with E-state index in [1.165, 1.54) is 23.3 Å². The molecule has 0 saturated carbocycles. The average molecular weight is 418 g/mol. The number of rotatable bonds is 2. The van der Waals surface area contributed by atoms with Gasteiger partial charge < -0.3 is 8.83 Å². The number of benzene rings is 2. The number of anilines is 1. The van der Waals surface area contributed by atoms with Gasteiger partial charge in [-0.1, -0.05) is 23.5 Å². The number of furan rings is 1. The molecule has 3 aromatic heterocycles. The molecule has 146 valence electrons. The van der Waals surface area contributed by atoms with Gasteiger partial charge in [-0.3, -0.25) is 14.5 Å². The molecule has 30 heavy (non-hydrogen) atoms. The van der Waals surface area contributed by atoms with Crippen LogP contribution in [0, 0.1) is 5.82 Å². The fourth-order valence-electron chi connectivity index (χ4n) is 3.82. The van der Waals surface area contributed by atoms with Crippen LogP contribution in [-0.4, -0.2) is 10.9 Å². The molecule has 8 heteroatoms. The van der Waals surface area contributed by atoms with Gasteiger partial charge in [0.15, 0.2) is 10.6 Å². The van der Waals surface area contributed by atoms with Crippen LogP contribution in [0.15, 0.2) is 74.5 Å². The van der Waals surface area contributed by atoms with Crippen LogP contribution in [0.3, 0.4) is 0 Å². The van der Waals surface area contributed by atoms with Crippen molar-refractivity contribution in [1.82, 2.24) is 4.98 Å². The minimum Gasteiger partial charge on any atom is -0.467 e. The lowest BCUT2D eigenvalue weighted by molar-refractivity contribution is 0.0969. The minimum absolute atomic E-state index is 0.0365. The second kappa shape index (κ2) is 6.11. The van der Waals surface area contributed by atoms with E-state index in [4.69, 9.17) is 8.83 Å². The Hall–Kier alpha value is -3.78. The van der Waals surface area contributed by atoms with Crippen LogP contribution >= 0.6 is 11.3 Å². The summed E-state index contributed by atoms with van der Waals surface area (Å²) in [4.78, 5) is 32.6. The largest absolute Gasteiger partial charge is 0.467 e. The summed E-state index contributed by atoms with van der Waals surface area (Å²) in [5.74, 6) is -0.506. The molecule has 0 N–H and O–H groups in total. The molecule has 4 heterocycles. The zero-order chi connectivity index (χ0) is 20.4. The SMILES string of the molecule is O=C1c2oc3ccccc3c(=O)c2[C@H](c2ccco2)N1c1nc2ccc(F)cc2s1. The van der Waals surface area contributed by atoms with E-state index in [2.05, 4.69) is 4.98 Å². The van der Waals surface area contributed by atoms with Crippen LogP contribution < -0.4 is 10.3 Å². The summed E-state index contributed by atoms with van der Waals surface area (Å²) in [6.07, 6.45) is 1.48. The van der Waals surface area contributed by atoms with E-state index in [1.54, 1.807) is 42.5 Å². The molecule has 1 aliphatic rings. The quantitative estimate of drug-likeness (QED) is 0.408. The van der Waals surface area contributed by atoms with Gasteiger partial charge in [0.2, 0.25) is 5.76 Å². The van der Waals surface area contributed by atoms with Crippen molar-refractivity contribution in [2.24, 2.45) is 0 Å². The summed E-state index contributed by atoms with van der Waals surface area (Å²) < 4.78 is 25.7. The first-order chi connectivity index (χ1) is 14.6. The van der Waals surface area contributed by atoms with E-state index in [0.29, 0.717) is 32.1 Å². The van der Waals surface area contributed by atoms with E-state index in [0.717, 1.165) is 11.3 Å². The lowest BCUT2D eigenvalue weighted by Gasteiger charge is -2.19. The van der Waals surface area contributed by atoms with Gasteiger partial charge in [0.1, 0.15) is 23.2 Å². The first kappa shape index (κ1) is 17.1. The fourth-order valence-corrected chi connectivity index (χ4v) is 4.84. The first-order valence-electron chi connectivity index (χ1n) is 9.10. The number of halogens is 1. The summed E-state index contributed by atoms with van der Waals surface area (Å²) in [7, 11) is 0. The van der Waals surface area contributed by atoms with Crippen molar-refractivity contribution in [2.45, 2.75) is 6.04 Å². The molecule has 0 radical (unpaired) electrons. The Morgan fingerprint density at radius 3 is 2.77 bits per heavy atom. The summed E-state index contributed by atoms with van der Waals surface area (Å²) in [6, 6.07) is 13.6. The van der Waals surface area contributed by atoms with Crippen molar-refractivity contribution in [3.63, 3.8) is 0 Å². The summed E-state index contributed by atoms with van der Waals surface area (Å²) >= 11 is 1.16. The Balaban J connectivity index is 1.64. The number of carbonyl (C=O) groups is 1. The molecular formula is C22H11FN2O4S. The summed E-state index contributed by atoms with van der Waals surface area (Å²) in [5, 5.41) is 0.714. The number of thiazole rings is 1. The third-order valence-corrected chi connectivity index (χ3v) is 6.15. The van der Waals surface area contributed by atoms with Gasteiger partial charge in [-0.05, 0) is 42.5 Å². The number of hydrogen-bond acceptors (Lipinski definition) is 6. The molecule has 0 unspecified atom stereocenters. The highest BCUT2D eigenvalue weighted by Gasteiger charge is 2.46. The molecule has 1 aliphatic heterocycles. The second-order valence-electron chi connectivity index (χ2n) is 6.87. The van der Waals surface area contributed by atoms with Gasteiger partial charge in [0.25, 0.3) is 5.91 Å². The van der Waals surface area contributed by atoms with Crippen molar-refractivity contribution < 1.29 is 18.0 Å². The van der Waals surface area contributed by atoms with Gasteiger partial charge in [0.05, 0.1) is 27.4 Å². The van der Waals surface area contributed by atoms with Crippen molar-refractivity contribution in [3.8, 4) is 0 Å². The van der Waals surface area contributed by atoms with Gasteiger partial charge in [-0.2, -0.15) is 0 Å². The number of amides is 1. The van der Waals surface area contributed by atoms with Crippen LogP contribution in [0.5, 0.6) is 0 Å². The molecule has 1 amide bonds. The standard InChI is InChI=1S/C22H11FN2O4S/c23-11-7-8-13-16(10-11)30-22(24-13)25-18(15-6-3-9-28-15)17-19(26)12-4-1-2-5-14(12)29-20(17)21(25)27/h1-10,18H/t18-/m0/s1. The Morgan fingerprint density at radius 1 is 1.07 bits per heavy atom. The Morgan fingerprint density at radius 2 is 1.93 bits per heavy atom. The summed E-state index contributed by atoms with van der Waals surface area (Å²) in [6.45, 7) is 0. The number of fused-ring (bicyclic) bond motifs is 3. The third kappa shape index (κ3) is 2.31. The van der Waals surface area contributed by atoms with Crippen molar-refractivity contribution >= 4 is 43.6 Å². The Kier molecular flexibility index (Phi) is 3.48. The number of hydrogen-bond donors (Lipinski definition) is 0. The number of carbonyl (C=O) groups excluding carboxylic acids is 1. The Bertz CT molecular complexity index is 1520. The predicted octanol–water partition coefficient (Wildman–Crippen LogP) is 4.88. The van der Waals surface area contributed by atoms with Gasteiger partial charge in [-0.25, -0.2) is 9.37 Å². The Labute approximate surface area is 171 Å². The van der Waals surface area contributed by atoms with Crippen molar-refractivity contribution in [1.29, 1.82) is 0 Å². The zero-order valence-electron chi connectivity index (χ0n) is 15.2. The highest BCUT2D eigenvalue weighted by molar-refractivity contribution is 7.22. The molecule has 0 bridgehead atoms. The lowest BCUT2D eigenvalue weighted by Crippen LogP contribution is -2.29. The second-order valence-corrected chi connectivity index (χ2v) is 7.88. The van der Waals surface area contributed by atoms with Crippen LogP contribution in [0.1, 0.15) is 27.9 Å². The van der Waals surface area contributed by atoms with E-state index in [-0.39, 0.29) is 22.6 Å². The minimum atomic E-state index is -0.825. The predicted molar refractivity (Wildman–Crippen MR) is 109 cm³/mol. The molecule has 0 saturated heterocycles. The summed E-state index contributed by atoms with van der Waals surface area (Å²) in [5.41, 5.74) is 0.805. The van der Waals surface area contributed by atoms with Crippen LogP contribution in [0.2, 0.25) is 0 Å². The molecule has 0 fully saturated rings. The number of nitrogens with zero attached hydrogens (tertiary/aromatic N) is 2. The van der Waals surface area contributed by atoms with E-state index >= 15 is 0 Å². The maximum absolute atomic E-state index is 13.7. The molecule has 0 spiro atoms. The van der Waals surface area contributed by atoms with E-state index < -0.39 is 11.9 Å². The maximum atomic E-state index is 13.7. The molecule has 6 nitrogen and oxygen atoms in total. The molecule has 0 aliphatic carbocycles. The molecule has 1 atom stereocenters. The molecular weight excluding hydrogens is 407 g/mol. The highest BCUT2D eigenvalue weighted by atomic mass is 32.1. The van der Waals surface area contributed by atoms with Crippen molar-refractivity contribution in [3.05, 3.63) is 94.0 Å². The average Bonchev–Trinajstić information content (AvgIpc) is 3.46. The van der Waals surface area contributed by atoms with Crippen LogP contribution in [-0.2, 0) is 0 Å². The normalized spacial score (nSPS) is 16.0.